The maximum absolute atomic E-state index is 12.3. The fourth-order valence-corrected chi connectivity index (χ4v) is 3.32. The average molecular weight is 463 g/mol. The molecule has 2 rings (SSSR count). The van der Waals surface area contributed by atoms with E-state index < -0.39 is 0 Å². The fourth-order valence-electron chi connectivity index (χ4n) is 2.68. The lowest BCUT2D eigenvalue weighted by molar-refractivity contribution is -0.115. The van der Waals surface area contributed by atoms with Gasteiger partial charge in [-0.2, -0.15) is 5.10 Å². The van der Waals surface area contributed by atoms with Crippen molar-refractivity contribution in [3.63, 3.8) is 0 Å². The first kappa shape index (κ1) is 20.1. The second-order valence-electron chi connectivity index (χ2n) is 6.27. The number of hydrazone groups is 1. The Hall–Kier alpha value is -2.22. The number of carbonyl (C=O) groups excluding carboxylic acids is 2. The molecule has 2 N–H and O–H groups in total. The summed E-state index contributed by atoms with van der Waals surface area (Å²) in [6, 6.07) is 11.3. The van der Waals surface area contributed by atoms with E-state index in [1.54, 1.807) is 19.1 Å². The first-order chi connectivity index (χ1) is 12.3. The van der Waals surface area contributed by atoms with Gasteiger partial charge in [-0.25, -0.2) is 5.43 Å². The van der Waals surface area contributed by atoms with Gasteiger partial charge in [0.2, 0.25) is 5.91 Å². The topological polar surface area (TPSA) is 70.6 Å². The Bertz CT molecular complexity index is 852. The predicted molar refractivity (Wildman–Crippen MR) is 114 cm³/mol. The molecule has 0 saturated carbocycles. The number of nitrogens with one attached hydrogen (secondary N) is 2. The molecule has 2 aromatic carbocycles. The number of amides is 2. The van der Waals surface area contributed by atoms with Crippen LogP contribution in [0.25, 0.3) is 0 Å². The van der Waals surface area contributed by atoms with Crippen LogP contribution in [0.15, 0.2) is 41.5 Å². The van der Waals surface area contributed by atoms with Crippen molar-refractivity contribution in [3.05, 3.63) is 62.2 Å². The number of benzene rings is 2. The summed E-state index contributed by atoms with van der Waals surface area (Å²) in [5.74, 6) is -0.454. The van der Waals surface area contributed by atoms with Crippen LogP contribution in [-0.4, -0.2) is 17.5 Å². The summed E-state index contributed by atoms with van der Waals surface area (Å²) in [4.78, 5) is 24.4. The molecular weight excluding hydrogens is 441 g/mol. The van der Waals surface area contributed by atoms with Gasteiger partial charge in [0.15, 0.2) is 0 Å². The molecule has 0 fully saturated rings. The largest absolute Gasteiger partial charge is 0.325 e. The Morgan fingerprint density at radius 2 is 1.69 bits per heavy atom. The van der Waals surface area contributed by atoms with Crippen molar-refractivity contribution in [3.8, 4) is 0 Å². The van der Waals surface area contributed by atoms with Gasteiger partial charge in [0.1, 0.15) is 0 Å². The zero-order chi connectivity index (χ0) is 19.3. The van der Waals surface area contributed by atoms with Gasteiger partial charge in [-0.15, -0.1) is 0 Å². The lowest BCUT2D eigenvalue weighted by Gasteiger charge is -2.12. The molecule has 0 atom stereocenters. The van der Waals surface area contributed by atoms with Crippen LogP contribution in [0.3, 0.4) is 0 Å². The zero-order valence-corrected chi connectivity index (χ0v) is 17.5. The first-order valence-electron chi connectivity index (χ1n) is 8.23. The number of hydrogen-bond acceptors (Lipinski definition) is 3. The van der Waals surface area contributed by atoms with E-state index in [-0.39, 0.29) is 18.2 Å². The molecule has 0 spiro atoms. The minimum atomic E-state index is -0.292. The molecular formula is C20H22IN3O2. The van der Waals surface area contributed by atoms with E-state index in [9.17, 15) is 9.59 Å². The summed E-state index contributed by atoms with van der Waals surface area (Å²) in [7, 11) is 0. The van der Waals surface area contributed by atoms with Gasteiger partial charge in [0.25, 0.3) is 5.91 Å². The van der Waals surface area contributed by atoms with Gasteiger partial charge in [-0.1, -0.05) is 29.8 Å². The summed E-state index contributed by atoms with van der Waals surface area (Å²) in [6.45, 7) is 7.68. The molecule has 136 valence electrons. The molecule has 6 heteroatoms. The van der Waals surface area contributed by atoms with Crippen molar-refractivity contribution in [1.82, 2.24) is 5.43 Å². The number of rotatable bonds is 5. The van der Waals surface area contributed by atoms with Crippen LogP contribution >= 0.6 is 22.6 Å². The molecule has 2 amide bonds. The molecule has 26 heavy (non-hydrogen) atoms. The minimum absolute atomic E-state index is 0.110. The summed E-state index contributed by atoms with van der Waals surface area (Å²) < 4.78 is 0.846. The van der Waals surface area contributed by atoms with Crippen LogP contribution < -0.4 is 10.7 Å². The Labute approximate surface area is 167 Å². The quantitative estimate of drug-likeness (QED) is 0.393. The van der Waals surface area contributed by atoms with Crippen LogP contribution in [0, 0.1) is 24.3 Å². The smallest absolute Gasteiger partial charge is 0.272 e. The van der Waals surface area contributed by atoms with Gasteiger partial charge >= 0.3 is 0 Å². The summed E-state index contributed by atoms with van der Waals surface area (Å²) in [5, 5.41) is 6.97. The highest BCUT2D eigenvalue weighted by molar-refractivity contribution is 14.1. The Balaban J connectivity index is 1.98. The monoisotopic (exact) mass is 463 g/mol. The molecule has 5 nitrogen and oxygen atoms in total. The van der Waals surface area contributed by atoms with Gasteiger partial charge in [0, 0.05) is 15.0 Å². The number of halogens is 1. The van der Waals surface area contributed by atoms with Crippen molar-refractivity contribution >= 4 is 45.8 Å². The maximum Gasteiger partial charge on any atom is 0.272 e. The molecule has 0 saturated heterocycles. The average Bonchev–Trinajstić information content (AvgIpc) is 2.56. The number of anilines is 1. The van der Waals surface area contributed by atoms with Gasteiger partial charge in [-0.05, 0) is 73.5 Å². The number of aryl methyl sites for hydroxylation is 3. The van der Waals surface area contributed by atoms with Crippen LogP contribution in [0.5, 0.6) is 0 Å². The predicted octanol–water partition coefficient (Wildman–Crippen LogP) is 4.35. The van der Waals surface area contributed by atoms with Crippen molar-refractivity contribution in [1.29, 1.82) is 0 Å². The third-order valence-corrected chi connectivity index (χ3v) is 4.77. The van der Waals surface area contributed by atoms with E-state index in [4.69, 9.17) is 0 Å². The fraction of sp³-hybridized carbons (Fsp3) is 0.250. The molecule has 0 radical (unpaired) electrons. The van der Waals surface area contributed by atoms with E-state index in [0.717, 1.165) is 25.9 Å². The summed E-state index contributed by atoms with van der Waals surface area (Å²) in [6.07, 6.45) is 0.110. The molecule has 0 aliphatic rings. The van der Waals surface area contributed by atoms with E-state index in [1.165, 1.54) is 0 Å². The van der Waals surface area contributed by atoms with E-state index in [2.05, 4.69) is 38.4 Å². The standard InChI is InChI=1S/C20H22IN3O2/c1-12-9-13(2)19(14(3)10-12)22-18(25)11-15(4)23-24-20(26)16-7-5-6-8-17(16)21/h5-10H,11H2,1-4H3,(H,22,25)(H,24,26)/b23-15+. The highest BCUT2D eigenvalue weighted by Crippen LogP contribution is 2.22. The zero-order valence-electron chi connectivity index (χ0n) is 15.3. The third kappa shape index (κ3) is 5.39. The van der Waals surface area contributed by atoms with E-state index in [1.807, 2.05) is 45.0 Å². The number of nitrogens with zero attached hydrogens (tertiary/aromatic N) is 1. The lowest BCUT2D eigenvalue weighted by Crippen LogP contribution is -2.22. The van der Waals surface area contributed by atoms with Crippen LogP contribution in [0.2, 0.25) is 0 Å². The number of hydrogen-bond donors (Lipinski definition) is 2. The molecule has 2 aromatic rings. The maximum atomic E-state index is 12.3. The minimum Gasteiger partial charge on any atom is -0.325 e. The van der Waals surface area contributed by atoms with Crippen LogP contribution in [0.1, 0.15) is 40.4 Å². The second kappa shape index (κ2) is 8.93. The van der Waals surface area contributed by atoms with Gasteiger partial charge in [0.05, 0.1) is 12.0 Å². The van der Waals surface area contributed by atoms with Crippen molar-refractivity contribution in [2.24, 2.45) is 5.10 Å². The SMILES string of the molecule is C/C(CC(=O)Nc1c(C)cc(C)cc1C)=N\NC(=O)c1ccccc1I. The first-order valence-corrected chi connectivity index (χ1v) is 9.31. The molecule has 0 unspecified atom stereocenters. The van der Waals surface area contributed by atoms with Crippen LogP contribution in [-0.2, 0) is 4.79 Å². The van der Waals surface area contributed by atoms with E-state index >= 15 is 0 Å². The summed E-state index contributed by atoms with van der Waals surface area (Å²) in [5.41, 5.74) is 7.63. The van der Waals surface area contributed by atoms with Gasteiger partial charge < -0.3 is 5.32 Å². The Kier molecular flexibility index (Phi) is 6.90. The van der Waals surface area contributed by atoms with Gasteiger partial charge in [-0.3, -0.25) is 9.59 Å². The molecule has 0 aromatic heterocycles. The highest BCUT2D eigenvalue weighted by Gasteiger charge is 2.11. The normalized spacial score (nSPS) is 11.2. The van der Waals surface area contributed by atoms with Crippen LogP contribution in [0.4, 0.5) is 5.69 Å². The second-order valence-corrected chi connectivity index (χ2v) is 7.43. The highest BCUT2D eigenvalue weighted by atomic mass is 127. The van der Waals surface area contributed by atoms with Crippen molar-refractivity contribution < 1.29 is 9.59 Å². The van der Waals surface area contributed by atoms with E-state index in [0.29, 0.717) is 11.3 Å². The molecule has 0 aliphatic carbocycles. The molecule has 0 heterocycles. The lowest BCUT2D eigenvalue weighted by atomic mass is 10.0. The number of carbonyl (C=O) groups is 2. The third-order valence-electron chi connectivity index (χ3n) is 3.82. The van der Waals surface area contributed by atoms with Crippen molar-refractivity contribution in [2.45, 2.75) is 34.1 Å². The van der Waals surface area contributed by atoms with Crippen molar-refractivity contribution in [2.75, 3.05) is 5.32 Å². The Morgan fingerprint density at radius 1 is 1.08 bits per heavy atom. The molecule has 0 bridgehead atoms. The Morgan fingerprint density at radius 3 is 2.31 bits per heavy atom. The summed E-state index contributed by atoms with van der Waals surface area (Å²) >= 11 is 2.10. The molecule has 0 aliphatic heterocycles.